The number of unbranched alkanes of at least 4 members (excludes halogenated alkanes) is 27. The van der Waals surface area contributed by atoms with Gasteiger partial charge in [0, 0.05) is 25.7 Å². The van der Waals surface area contributed by atoms with Crippen LogP contribution in [-0.2, 0) is 65.4 Å². The number of hydrogen-bond donors (Lipinski definition) is 3. The molecule has 0 spiro atoms. The van der Waals surface area contributed by atoms with Crippen molar-refractivity contribution in [2.45, 2.75) is 324 Å². The number of aliphatic hydroxyl groups excluding tert-OH is 1. The normalized spacial score (nSPS) is 14.4. The maximum Gasteiger partial charge on any atom is 0.472 e. The molecule has 0 aromatic heterocycles. The Morgan fingerprint density at radius 3 is 0.747 bits per heavy atom. The fraction of sp³-hybridized carbons (Fsp3) is 0.938. The van der Waals surface area contributed by atoms with Crippen LogP contribution in [0.3, 0.4) is 0 Å². The van der Waals surface area contributed by atoms with Gasteiger partial charge in [0.05, 0.1) is 26.4 Å². The van der Waals surface area contributed by atoms with Crippen molar-refractivity contribution >= 4 is 39.5 Å². The quantitative estimate of drug-likeness (QED) is 0.0222. The standard InChI is InChI=1S/C64H124O17P2/c1-54(2)40-32-24-16-10-9-11-19-28-36-44-61(66)74-50-59(80-63(68)46-38-30-21-15-13-18-26-34-42-56(5)6)52-78-82(70,71)76-48-58(65)49-77-83(72,73)79-53-60(81-64(69)47-39-31-23-22-27-35-43-57(7)8)51-75-62(67)45-37-29-20-14-12-17-25-33-41-55(3)4/h54-60,65H,9-53H2,1-8H3,(H,70,71)(H,72,73)/t58?,59-,60-/m1/s1. The summed E-state index contributed by atoms with van der Waals surface area (Å²) in [6.07, 6.45) is 33.7. The van der Waals surface area contributed by atoms with Gasteiger partial charge >= 0.3 is 39.5 Å². The molecule has 0 aliphatic rings. The molecular formula is C64H124O17P2. The Labute approximate surface area is 505 Å². The summed E-state index contributed by atoms with van der Waals surface area (Å²) in [5.74, 6) is 0.714. The third-order valence-corrected chi connectivity index (χ3v) is 16.5. The predicted octanol–water partition coefficient (Wildman–Crippen LogP) is 17.4. The maximum absolute atomic E-state index is 13.0. The first kappa shape index (κ1) is 81.1. The molecule has 0 rings (SSSR count). The minimum atomic E-state index is -4.95. The van der Waals surface area contributed by atoms with Crippen molar-refractivity contribution in [2.75, 3.05) is 39.6 Å². The van der Waals surface area contributed by atoms with Crippen molar-refractivity contribution in [1.29, 1.82) is 0 Å². The zero-order chi connectivity index (χ0) is 61.8. The number of phosphoric ester groups is 2. The highest BCUT2D eigenvalue weighted by molar-refractivity contribution is 7.47. The van der Waals surface area contributed by atoms with Crippen molar-refractivity contribution < 1.29 is 80.2 Å². The number of ether oxygens (including phenoxy) is 4. The lowest BCUT2D eigenvalue weighted by Gasteiger charge is -2.21. The summed E-state index contributed by atoms with van der Waals surface area (Å²) in [4.78, 5) is 72.2. The summed E-state index contributed by atoms with van der Waals surface area (Å²) in [5.41, 5.74) is 0. The van der Waals surface area contributed by atoms with E-state index in [4.69, 9.17) is 37.0 Å². The Kier molecular flexibility index (Phi) is 53.0. The molecule has 0 bridgehead atoms. The van der Waals surface area contributed by atoms with Crippen molar-refractivity contribution in [3.05, 3.63) is 0 Å². The van der Waals surface area contributed by atoms with Gasteiger partial charge in [0.2, 0.25) is 0 Å². The van der Waals surface area contributed by atoms with Gasteiger partial charge in [-0.05, 0) is 49.4 Å². The Morgan fingerprint density at radius 2 is 0.506 bits per heavy atom. The minimum absolute atomic E-state index is 0.101. The van der Waals surface area contributed by atoms with E-state index >= 15 is 0 Å². The topological polar surface area (TPSA) is 237 Å². The maximum atomic E-state index is 13.0. The molecule has 492 valence electrons. The molecule has 0 aromatic rings. The first-order valence-electron chi connectivity index (χ1n) is 33.2. The lowest BCUT2D eigenvalue weighted by atomic mass is 10.0. The second-order valence-electron chi connectivity index (χ2n) is 25.1. The number of aliphatic hydroxyl groups is 1. The van der Waals surface area contributed by atoms with Gasteiger partial charge in [-0.25, -0.2) is 9.13 Å². The highest BCUT2D eigenvalue weighted by Crippen LogP contribution is 2.45. The van der Waals surface area contributed by atoms with Crippen LogP contribution in [0.5, 0.6) is 0 Å². The molecule has 0 saturated carbocycles. The van der Waals surface area contributed by atoms with Crippen LogP contribution in [-0.4, -0.2) is 96.7 Å². The molecule has 83 heavy (non-hydrogen) atoms. The van der Waals surface area contributed by atoms with Crippen LogP contribution in [0.4, 0.5) is 0 Å². The molecule has 17 nitrogen and oxygen atoms in total. The molecule has 0 aromatic carbocycles. The van der Waals surface area contributed by atoms with E-state index in [0.717, 1.165) is 108 Å². The van der Waals surface area contributed by atoms with Crippen LogP contribution in [0.2, 0.25) is 0 Å². The Morgan fingerprint density at radius 1 is 0.301 bits per heavy atom. The van der Waals surface area contributed by atoms with Gasteiger partial charge in [0.1, 0.15) is 19.3 Å². The van der Waals surface area contributed by atoms with Gasteiger partial charge in [-0.2, -0.15) is 0 Å². The average molecular weight is 1230 g/mol. The lowest BCUT2D eigenvalue weighted by molar-refractivity contribution is -0.161. The largest absolute Gasteiger partial charge is 0.472 e. The van der Waals surface area contributed by atoms with Gasteiger partial charge < -0.3 is 33.8 Å². The summed E-state index contributed by atoms with van der Waals surface area (Å²) in [6.45, 7) is 13.9. The molecule has 3 unspecified atom stereocenters. The Bertz CT molecular complexity index is 1660. The number of hydrogen-bond acceptors (Lipinski definition) is 15. The van der Waals surface area contributed by atoms with E-state index < -0.39 is 97.5 Å². The number of rotatable bonds is 61. The van der Waals surface area contributed by atoms with Crippen LogP contribution in [0.25, 0.3) is 0 Å². The van der Waals surface area contributed by atoms with Crippen molar-refractivity contribution in [1.82, 2.24) is 0 Å². The third-order valence-electron chi connectivity index (χ3n) is 14.6. The first-order valence-corrected chi connectivity index (χ1v) is 36.2. The molecule has 3 N–H and O–H groups in total. The molecule has 0 radical (unpaired) electrons. The fourth-order valence-corrected chi connectivity index (χ4v) is 11.0. The van der Waals surface area contributed by atoms with E-state index in [2.05, 4.69) is 55.4 Å². The van der Waals surface area contributed by atoms with Crippen molar-refractivity contribution in [3.63, 3.8) is 0 Å². The third kappa shape index (κ3) is 58.8. The molecule has 0 fully saturated rings. The first-order chi connectivity index (χ1) is 39.6. The van der Waals surface area contributed by atoms with E-state index in [1.165, 1.54) is 109 Å². The molecule has 0 heterocycles. The van der Waals surface area contributed by atoms with Crippen LogP contribution < -0.4 is 0 Å². The molecule has 0 amide bonds. The highest BCUT2D eigenvalue weighted by atomic mass is 31.2. The zero-order valence-electron chi connectivity index (χ0n) is 53.8. The van der Waals surface area contributed by atoms with Crippen LogP contribution in [0.1, 0.15) is 306 Å². The Balaban J connectivity index is 5.24. The monoisotopic (exact) mass is 1230 g/mol. The summed E-state index contributed by atoms with van der Waals surface area (Å²) >= 11 is 0. The SMILES string of the molecule is CC(C)CCCCCCCCCCCC(=O)OC[C@H](COP(=O)(O)OCC(O)COP(=O)(O)OC[C@@H](COC(=O)CCCCCCCCCCC(C)C)OC(=O)CCCCCCCCC(C)C)OC(=O)CCCCCCCCCCC(C)C. The minimum Gasteiger partial charge on any atom is -0.462 e. The molecule has 5 atom stereocenters. The number of esters is 4. The summed E-state index contributed by atoms with van der Waals surface area (Å²) < 4.78 is 68.0. The van der Waals surface area contributed by atoms with Crippen LogP contribution in [0.15, 0.2) is 0 Å². The van der Waals surface area contributed by atoms with Gasteiger partial charge in [-0.1, -0.05) is 254 Å². The van der Waals surface area contributed by atoms with Crippen LogP contribution in [0, 0.1) is 23.7 Å². The fourth-order valence-electron chi connectivity index (χ4n) is 9.43. The van der Waals surface area contributed by atoms with E-state index in [9.17, 15) is 43.2 Å². The lowest BCUT2D eigenvalue weighted by Crippen LogP contribution is -2.30. The highest BCUT2D eigenvalue weighted by Gasteiger charge is 2.30. The van der Waals surface area contributed by atoms with Gasteiger partial charge in [0.25, 0.3) is 0 Å². The molecule has 0 aliphatic heterocycles. The molecule has 0 aliphatic carbocycles. The number of phosphoric acid groups is 2. The van der Waals surface area contributed by atoms with Gasteiger partial charge in [-0.3, -0.25) is 37.3 Å². The number of carbonyl (C=O) groups excluding carboxylic acids is 4. The smallest absolute Gasteiger partial charge is 0.462 e. The van der Waals surface area contributed by atoms with Crippen molar-refractivity contribution in [2.24, 2.45) is 23.7 Å². The summed E-state index contributed by atoms with van der Waals surface area (Å²) in [7, 11) is -9.89. The number of carbonyl (C=O) groups is 4. The van der Waals surface area contributed by atoms with E-state index in [1.54, 1.807) is 0 Å². The predicted molar refractivity (Wildman–Crippen MR) is 331 cm³/mol. The van der Waals surface area contributed by atoms with E-state index in [0.29, 0.717) is 31.6 Å². The second kappa shape index (κ2) is 54.2. The van der Waals surface area contributed by atoms with Crippen LogP contribution >= 0.6 is 15.6 Å². The zero-order valence-corrected chi connectivity index (χ0v) is 55.6. The Hall–Kier alpha value is -1.94. The summed E-state index contributed by atoms with van der Waals surface area (Å²) in [5, 5.41) is 10.5. The van der Waals surface area contributed by atoms with E-state index in [-0.39, 0.29) is 25.7 Å². The van der Waals surface area contributed by atoms with Gasteiger partial charge in [-0.15, -0.1) is 0 Å². The molecule has 19 heteroatoms. The molecule has 0 saturated heterocycles. The molecular weight excluding hydrogens is 1100 g/mol. The van der Waals surface area contributed by atoms with Crippen molar-refractivity contribution in [3.8, 4) is 0 Å². The van der Waals surface area contributed by atoms with E-state index in [1.807, 2.05) is 0 Å². The second-order valence-corrected chi connectivity index (χ2v) is 28.0. The van der Waals surface area contributed by atoms with Gasteiger partial charge in [0.15, 0.2) is 12.2 Å². The average Bonchev–Trinajstić information content (AvgIpc) is 3.44. The summed E-state index contributed by atoms with van der Waals surface area (Å²) in [6, 6.07) is 0.